The van der Waals surface area contributed by atoms with Gasteiger partial charge in [-0.1, -0.05) is 15.9 Å². The van der Waals surface area contributed by atoms with E-state index in [0.717, 1.165) is 4.09 Å². The zero-order valence-electron chi connectivity index (χ0n) is 8.60. The van der Waals surface area contributed by atoms with E-state index in [-0.39, 0.29) is 5.52 Å². The number of benzene rings is 1. The van der Waals surface area contributed by atoms with Gasteiger partial charge in [0.15, 0.2) is 0 Å². The predicted molar refractivity (Wildman–Crippen MR) is 64.7 cm³/mol. The summed E-state index contributed by atoms with van der Waals surface area (Å²) >= 11 is 3.25. The first kappa shape index (κ1) is 11.2. The zero-order valence-corrected chi connectivity index (χ0v) is 11.0. The van der Waals surface area contributed by atoms with Crippen LogP contribution >= 0.6 is 15.9 Å². The molecule has 7 heteroatoms. The molecule has 0 atom stereocenters. The van der Waals surface area contributed by atoms with Crippen LogP contribution in [-0.4, -0.2) is 22.9 Å². The maximum absolute atomic E-state index is 13.7. The van der Waals surface area contributed by atoms with E-state index in [2.05, 4.69) is 21.0 Å². The lowest BCUT2D eigenvalue weighted by atomic mass is 10.2. The minimum absolute atomic E-state index is 0.0197. The molecule has 90 valence electrons. The van der Waals surface area contributed by atoms with E-state index >= 15 is 0 Å². The minimum atomic E-state index is -3.54. The van der Waals surface area contributed by atoms with Crippen molar-refractivity contribution in [2.24, 2.45) is 0 Å². The van der Waals surface area contributed by atoms with Gasteiger partial charge in [-0.05, 0) is 25.0 Å². The number of halogens is 2. The number of aromatic nitrogens is 2. The van der Waals surface area contributed by atoms with Crippen molar-refractivity contribution in [3.8, 4) is 0 Å². The number of rotatable bonds is 2. The summed E-state index contributed by atoms with van der Waals surface area (Å²) in [6.45, 7) is 0. The van der Waals surface area contributed by atoms with E-state index in [0.29, 0.717) is 22.7 Å². The number of hydrogen-bond acceptors (Lipinski definition) is 3. The summed E-state index contributed by atoms with van der Waals surface area (Å²) in [6.07, 6.45) is 2.61. The summed E-state index contributed by atoms with van der Waals surface area (Å²) in [5.74, 6) is -0.579. The van der Waals surface area contributed by atoms with Crippen molar-refractivity contribution in [2.45, 2.75) is 18.1 Å². The van der Waals surface area contributed by atoms with Gasteiger partial charge in [-0.3, -0.25) is 0 Å². The highest BCUT2D eigenvalue weighted by Crippen LogP contribution is 2.33. The molecule has 4 nitrogen and oxygen atoms in total. The van der Waals surface area contributed by atoms with E-state index < -0.39 is 21.1 Å². The third-order valence-electron chi connectivity index (χ3n) is 2.78. The molecule has 0 saturated heterocycles. The van der Waals surface area contributed by atoms with Crippen molar-refractivity contribution in [3.05, 3.63) is 28.6 Å². The van der Waals surface area contributed by atoms with Crippen LogP contribution in [0.2, 0.25) is 0 Å². The van der Waals surface area contributed by atoms with Crippen molar-refractivity contribution in [1.82, 2.24) is 9.19 Å². The van der Waals surface area contributed by atoms with Gasteiger partial charge >= 0.3 is 0 Å². The fourth-order valence-electron chi connectivity index (χ4n) is 1.74. The Morgan fingerprint density at radius 2 is 2.12 bits per heavy atom. The van der Waals surface area contributed by atoms with E-state index in [1.165, 1.54) is 18.3 Å². The van der Waals surface area contributed by atoms with Gasteiger partial charge in [-0.15, -0.1) is 0 Å². The van der Waals surface area contributed by atoms with Gasteiger partial charge in [-0.25, -0.2) is 12.8 Å². The lowest BCUT2D eigenvalue weighted by molar-refractivity contribution is 0.577. The van der Waals surface area contributed by atoms with Gasteiger partial charge in [0.1, 0.15) is 11.3 Å². The van der Waals surface area contributed by atoms with Gasteiger partial charge in [0, 0.05) is 9.86 Å². The quantitative estimate of drug-likeness (QED) is 0.853. The summed E-state index contributed by atoms with van der Waals surface area (Å²) in [5.41, 5.74) is 0.0197. The SMILES string of the molecule is O=S(=O)(C1CC1)n1ncc2c(Br)ccc(F)c21. The second-order valence-electron chi connectivity index (χ2n) is 4.02. The van der Waals surface area contributed by atoms with Crippen LogP contribution in [-0.2, 0) is 10.0 Å². The van der Waals surface area contributed by atoms with Crippen molar-refractivity contribution >= 4 is 36.9 Å². The predicted octanol–water partition coefficient (Wildman–Crippen LogP) is 2.28. The van der Waals surface area contributed by atoms with Crippen molar-refractivity contribution in [3.63, 3.8) is 0 Å². The molecule has 1 aliphatic carbocycles. The lowest BCUT2D eigenvalue weighted by Gasteiger charge is -2.04. The van der Waals surface area contributed by atoms with Crippen LogP contribution in [0, 0.1) is 5.82 Å². The van der Waals surface area contributed by atoms with Gasteiger partial charge < -0.3 is 0 Å². The maximum atomic E-state index is 13.7. The van der Waals surface area contributed by atoms with E-state index in [4.69, 9.17) is 0 Å². The molecule has 0 bridgehead atoms. The Kier molecular flexibility index (Phi) is 2.31. The van der Waals surface area contributed by atoms with Crippen LogP contribution in [0.1, 0.15) is 12.8 Å². The highest BCUT2D eigenvalue weighted by molar-refractivity contribution is 9.10. The molecule has 0 unspecified atom stereocenters. The molecule has 1 fully saturated rings. The number of nitrogens with zero attached hydrogens (tertiary/aromatic N) is 2. The summed E-state index contributed by atoms with van der Waals surface area (Å²) in [4.78, 5) is 0. The topological polar surface area (TPSA) is 52.0 Å². The first-order valence-electron chi connectivity index (χ1n) is 5.08. The minimum Gasteiger partial charge on any atom is -0.205 e. The highest BCUT2D eigenvalue weighted by Gasteiger charge is 2.38. The zero-order chi connectivity index (χ0) is 12.2. The van der Waals surface area contributed by atoms with Crippen LogP contribution in [0.15, 0.2) is 22.8 Å². The number of fused-ring (bicyclic) bond motifs is 1. The van der Waals surface area contributed by atoms with Crippen LogP contribution in [0.5, 0.6) is 0 Å². The second kappa shape index (κ2) is 3.52. The molecule has 1 heterocycles. The van der Waals surface area contributed by atoms with E-state index in [1.54, 1.807) is 0 Å². The van der Waals surface area contributed by atoms with Crippen LogP contribution in [0.3, 0.4) is 0 Å². The smallest absolute Gasteiger partial charge is 0.205 e. The fraction of sp³-hybridized carbons (Fsp3) is 0.300. The van der Waals surface area contributed by atoms with Gasteiger partial charge in [0.25, 0.3) is 10.0 Å². The third kappa shape index (κ3) is 1.60. The normalized spacial score (nSPS) is 16.6. The Hall–Kier alpha value is -0.950. The molecule has 17 heavy (non-hydrogen) atoms. The summed E-state index contributed by atoms with van der Waals surface area (Å²) in [7, 11) is -3.54. The molecule has 0 spiro atoms. The average molecular weight is 319 g/mol. The summed E-state index contributed by atoms with van der Waals surface area (Å²) in [6, 6.07) is 2.76. The standard InChI is InChI=1S/C10H8BrFN2O2S/c11-8-3-4-9(12)10-7(8)5-13-14(10)17(15,16)6-1-2-6/h3-6H,1-2H2. The molecule has 0 N–H and O–H groups in total. The van der Waals surface area contributed by atoms with Crippen molar-refractivity contribution in [1.29, 1.82) is 0 Å². The Labute approximate surface area is 106 Å². The van der Waals surface area contributed by atoms with Gasteiger partial charge in [0.2, 0.25) is 0 Å². The molecule has 1 aromatic carbocycles. The van der Waals surface area contributed by atoms with E-state index in [9.17, 15) is 12.8 Å². The van der Waals surface area contributed by atoms with Crippen LogP contribution in [0.25, 0.3) is 10.9 Å². The lowest BCUT2D eigenvalue weighted by Crippen LogP contribution is -2.19. The Bertz CT molecular complexity index is 706. The first-order valence-corrected chi connectivity index (χ1v) is 7.37. The fourth-order valence-corrected chi connectivity index (χ4v) is 3.80. The van der Waals surface area contributed by atoms with Gasteiger partial charge in [-0.2, -0.15) is 9.19 Å². The Morgan fingerprint density at radius 1 is 1.41 bits per heavy atom. The Morgan fingerprint density at radius 3 is 2.76 bits per heavy atom. The molecule has 3 rings (SSSR count). The second-order valence-corrected chi connectivity index (χ2v) is 6.92. The molecule has 1 saturated carbocycles. The molecule has 0 aliphatic heterocycles. The van der Waals surface area contributed by atoms with Crippen molar-refractivity contribution < 1.29 is 12.8 Å². The maximum Gasteiger partial charge on any atom is 0.257 e. The highest BCUT2D eigenvalue weighted by atomic mass is 79.9. The molecule has 0 radical (unpaired) electrons. The molecular weight excluding hydrogens is 311 g/mol. The van der Waals surface area contributed by atoms with E-state index in [1.807, 2.05) is 0 Å². The third-order valence-corrected chi connectivity index (χ3v) is 5.55. The Balaban J connectivity index is 2.35. The first-order chi connectivity index (χ1) is 8.01. The molecule has 2 aromatic rings. The van der Waals surface area contributed by atoms with Crippen molar-refractivity contribution in [2.75, 3.05) is 0 Å². The largest absolute Gasteiger partial charge is 0.257 e. The molecular formula is C10H8BrFN2O2S. The van der Waals surface area contributed by atoms with Crippen LogP contribution in [0.4, 0.5) is 4.39 Å². The van der Waals surface area contributed by atoms with Crippen LogP contribution < -0.4 is 0 Å². The monoisotopic (exact) mass is 318 g/mol. The summed E-state index contributed by atoms with van der Waals surface area (Å²) in [5, 5.41) is 3.86. The molecule has 1 aliphatic rings. The number of hydrogen-bond donors (Lipinski definition) is 0. The molecule has 1 aromatic heterocycles. The molecule has 0 amide bonds. The average Bonchev–Trinajstić information content (AvgIpc) is 3.03. The summed E-state index contributed by atoms with van der Waals surface area (Å²) < 4.78 is 39.3. The van der Waals surface area contributed by atoms with Gasteiger partial charge in [0.05, 0.1) is 11.4 Å².